The summed E-state index contributed by atoms with van der Waals surface area (Å²) < 4.78 is 11.8. The lowest BCUT2D eigenvalue weighted by Gasteiger charge is -2.11. The molecule has 0 heterocycles. The fourth-order valence-electron chi connectivity index (χ4n) is 2.47. The molecule has 0 unspecified atom stereocenters. The Morgan fingerprint density at radius 1 is 0.920 bits per heavy atom. The number of carbonyl (C=O) groups is 1. The van der Waals surface area contributed by atoms with Gasteiger partial charge in [0.05, 0.1) is 16.6 Å². The Bertz CT molecular complexity index is 875. The molecule has 0 aliphatic heterocycles. The number of benzene rings is 3. The van der Waals surface area contributed by atoms with Crippen molar-refractivity contribution in [3.63, 3.8) is 0 Å². The first kappa shape index (κ1) is 17.2. The van der Waals surface area contributed by atoms with Crippen molar-refractivity contribution in [2.24, 2.45) is 0 Å². The highest BCUT2D eigenvalue weighted by molar-refractivity contribution is 9.10. The molecule has 0 amide bonds. The summed E-state index contributed by atoms with van der Waals surface area (Å²) in [5.41, 5.74) is 2.33. The molecule has 0 saturated heterocycles. The van der Waals surface area contributed by atoms with Gasteiger partial charge >= 0.3 is 5.97 Å². The van der Waals surface area contributed by atoms with Gasteiger partial charge < -0.3 is 9.47 Å². The first-order valence-electron chi connectivity index (χ1n) is 7.98. The second kappa shape index (κ2) is 7.99. The maximum Gasteiger partial charge on any atom is 0.343 e. The van der Waals surface area contributed by atoms with Gasteiger partial charge in [0.15, 0.2) is 0 Å². The van der Waals surface area contributed by atoms with Crippen LogP contribution in [0, 0.1) is 0 Å². The van der Waals surface area contributed by atoms with Crippen molar-refractivity contribution in [2.75, 3.05) is 6.61 Å². The molecule has 0 saturated carbocycles. The van der Waals surface area contributed by atoms with Crippen molar-refractivity contribution in [3.8, 4) is 22.6 Å². The Labute approximate surface area is 155 Å². The van der Waals surface area contributed by atoms with Gasteiger partial charge in [-0.3, -0.25) is 0 Å². The zero-order chi connectivity index (χ0) is 17.6. The van der Waals surface area contributed by atoms with E-state index in [1.165, 1.54) is 0 Å². The van der Waals surface area contributed by atoms with Crippen LogP contribution in [-0.4, -0.2) is 12.6 Å². The van der Waals surface area contributed by atoms with Gasteiger partial charge in [0, 0.05) is 5.56 Å². The Morgan fingerprint density at radius 2 is 1.64 bits per heavy atom. The van der Waals surface area contributed by atoms with E-state index < -0.39 is 5.97 Å². The third kappa shape index (κ3) is 4.09. The van der Waals surface area contributed by atoms with E-state index >= 15 is 0 Å². The molecule has 25 heavy (non-hydrogen) atoms. The highest BCUT2D eigenvalue weighted by atomic mass is 79.9. The third-order valence-corrected chi connectivity index (χ3v) is 4.26. The number of halogens is 1. The van der Waals surface area contributed by atoms with Crippen LogP contribution < -0.4 is 9.47 Å². The minimum atomic E-state index is -0.410. The molecule has 126 valence electrons. The summed E-state index contributed by atoms with van der Waals surface area (Å²) in [5.74, 6) is 0.819. The van der Waals surface area contributed by atoms with E-state index in [2.05, 4.69) is 15.9 Å². The van der Waals surface area contributed by atoms with Crippen molar-refractivity contribution in [2.45, 2.75) is 6.92 Å². The van der Waals surface area contributed by atoms with Crippen LogP contribution in [0.2, 0.25) is 0 Å². The van der Waals surface area contributed by atoms with E-state index in [9.17, 15) is 4.79 Å². The molecular weight excluding hydrogens is 380 g/mol. The summed E-state index contributed by atoms with van der Waals surface area (Å²) in [6.07, 6.45) is 0. The normalized spacial score (nSPS) is 10.3. The van der Waals surface area contributed by atoms with Gasteiger partial charge in [0.2, 0.25) is 0 Å². The standard InChI is InChI=1S/C21H17BrO3/c1-2-24-20-13-12-16(14-18(20)22)21(23)25-19-11-7-6-10-17(19)15-8-4-3-5-9-15/h3-14H,2H2,1H3. The lowest BCUT2D eigenvalue weighted by Crippen LogP contribution is -2.09. The number of para-hydroxylation sites is 1. The quantitative estimate of drug-likeness (QED) is 0.407. The maximum atomic E-state index is 12.5. The zero-order valence-corrected chi connectivity index (χ0v) is 15.3. The fourth-order valence-corrected chi connectivity index (χ4v) is 2.96. The minimum Gasteiger partial charge on any atom is -0.493 e. The fraction of sp³-hybridized carbons (Fsp3) is 0.0952. The lowest BCUT2D eigenvalue weighted by molar-refractivity contribution is 0.0735. The summed E-state index contributed by atoms with van der Waals surface area (Å²) in [6.45, 7) is 2.47. The molecule has 0 bridgehead atoms. The van der Waals surface area contributed by atoms with Gasteiger partial charge in [0.25, 0.3) is 0 Å². The van der Waals surface area contributed by atoms with Crippen LogP contribution in [0.3, 0.4) is 0 Å². The molecule has 3 aromatic carbocycles. The van der Waals surface area contributed by atoms with Crippen molar-refractivity contribution in [1.29, 1.82) is 0 Å². The molecule has 0 fully saturated rings. The van der Waals surface area contributed by atoms with Gasteiger partial charge in [-0.1, -0.05) is 48.5 Å². The number of ether oxygens (including phenoxy) is 2. The first-order valence-corrected chi connectivity index (χ1v) is 8.77. The second-order valence-corrected chi connectivity index (χ2v) is 6.18. The van der Waals surface area contributed by atoms with Crippen molar-refractivity contribution in [1.82, 2.24) is 0 Å². The smallest absolute Gasteiger partial charge is 0.343 e. The van der Waals surface area contributed by atoms with Crippen LogP contribution in [0.4, 0.5) is 0 Å². The average Bonchev–Trinajstić information content (AvgIpc) is 2.64. The molecule has 3 aromatic rings. The van der Waals surface area contributed by atoms with Gasteiger partial charge in [-0.15, -0.1) is 0 Å². The van der Waals surface area contributed by atoms with Crippen LogP contribution >= 0.6 is 15.9 Å². The number of carbonyl (C=O) groups excluding carboxylic acids is 1. The van der Waals surface area contributed by atoms with Gasteiger partial charge in [-0.2, -0.15) is 0 Å². The molecule has 0 atom stereocenters. The highest BCUT2D eigenvalue weighted by Gasteiger charge is 2.14. The Morgan fingerprint density at radius 3 is 2.36 bits per heavy atom. The number of rotatable bonds is 5. The summed E-state index contributed by atoms with van der Waals surface area (Å²) in [4.78, 5) is 12.5. The van der Waals surface area contributed by atoms with Crippen LogP contribution in [-0.2, 0) is 0 Å². The second-order valence-electron chi connectivity index (χ2n) is 5.33. The highest BCUT2D eigenvalue weighted by Crippen LogP contribution is 2.31. The van der Waals surface area contributed by atoms with Gasteiger partial charge in [-0.25, -0.2) is 4.79 Å². The predicted octanol–water partition coefficient (Wildman–Crippen LogP) is 5.73. The maximum absolute atomic E-state index is 12.5. The third-order valence-electron chi connectivity index (χ3n) is 3.64. The first-order chi connectivity index (χ1) is 12.2. The van der Waals surface area contributed by atoms with Crippen LogP contribution in [0.5, 0.6) is 11.5 Å². The molecule has 3 nitrogen and oxygen atoms in total. The molecule has 0 radical (unpaired) electrons. The van der Waals surface area contributed by atoms with E-state index in [1.807, 2.05) is 55.5 Å². The van der Waals surface area contributed by atoms with E-state index in [1.54, 1.807) is 24.3 Å². The molecule has 4 heteroatoms. The molecular formula is C21H17BrO3. The lowest BCUT2D eigenvalue weighted by atomic mass is 10.0. The van der Waals surface area contributed by atoms with Gasteiger partial charge in [0.1, 0.15) is 11.5 Å². The van der Waals surface area contributed by atoms with E-state index in [0.29, 0.717) is 23.7 Å². The van der Waals surface area contributed by atoms with E-state index in [-0.39, 0.29) is 0 Å². The van der Waals surface area contributed by atoms with Crippen LogP contribution in [0.25, 0.3) is 11.1 Å². The Kier molecular flexibility index (Phi) is 5.51. The molecule has 0 aliphatic carbocycles. The van der Waals surface area contributed by atoms with Crippen molar-refractivity contribution >= 4 is 21.9 Å². The Hall–Kier alpha value is -2.59. The largest absolute Gasteiger partial charge is 0.493 e. The molecule has 0 N–H and O–H groups in total. The number of esters is 1. The summed E-state index contributed by atoms with van der Waals surface area (Å²) in [7, 11) is 0. The molecule has 0 aromatic heterocycles. The monoisotopic (exact) mass is 396 g/mol. The number of hydrogen-bond donors (Lipinski definition) is 0. The number of hydrogen-bond acceptors (Lipinski definition) is 3. The van der Waals surface area contributed by atoms with E-state index in [4.69, 9.17) is 9.47 Å². The zero-order valence-electron chi connectivity index (χ0n) is 13.7. The van der Waals surface area contributed by atoms with Gasteiger partial charge in [-0.05, 0) is 52.7 Å². The topological polar surface area (TPSA) is 35.5 Å². The van der Waals surface area contributed by atoms with Crippen molar-refractivity contribution < 1.29 is 14.3 Å². The average molecular weight is 397 g/mol. The Balaban J connectivity index is 1.86. The molecule has 3 rings (SSSR count). The molecule has 0 aliphatic rings. The van der Waals surface area contributed by atoms with Crippen LogP contribution in [0.15, 0.2) is 77.3 Å². The summed E-state index contributed by atoms with van der Waals surface area (Å²) in [5, 5.41) is 0. The van der Waals surface area contributed by atoms with E-state index in [0.717, 1.165) is 15.6 Å². The minimum absolute atomic E-state index is 0.410. The summed E-state index contributed by atoms with van der Waals surface area (Å²) in [6, 6.07) is 22.5. The van der Waals surface area contributed by atoms with Crippen LogP contribution in [0.1, 0.15) is 17.3 Å². The molecule has 0 spiro atoms. The summed E-state index contributed by atoms with van der Waals surface area (Å²) >= 11 is 3.42. The SMILES string of the molecule is CCOc1ccc(C(=O)Oc2ccccc2-c2ccccc2)cc1Br. The predicted molar refractivity (Wildman–Crippen MR) is 102 cm³/mol. The van der Waals surface area contributed by atoms with Crippen molar-refractivity contribution in [3.05, 3.63) is 82.8 Å².